The van der Waals surface area contributed by atoms with Crippen LogP contribution in [0, 0.1) is 5.92 Å². The van der Waals surface area contributed by atoms with E-state index in [2.05, 4.69) is 15.6 Å². The maximum atomic E-state index is 12.1. The van der Waals surface area contributed by atoms with Crippen LogP contribution in [-0.4, -0.2) is 35.2 Å². The van der Waals surface area contributed by atoms with Crippen LogP contribution >= 0.6 is 0 Å². The van der Waals surface area contributed by atoms with Gasteiger partial charge in [0.1, 0.15) is 0 Å². The molecule has 106 valence electrons. The lowest BCUT2D eigenvalue weighted by atomic mass is 9.76. The summed E-state index contributed by atoms with van der Waals surface area (Å²) in [6.45, 7) is 0.694. The van der Waals surface area contributed by atoms with Gasteiger partial charge in [0.05, 0.1) is 13.2 Å². The van der Waals surface area contributed by atoms with Gasteiger partial charge < -0.3 is 20.7 Å². The Bertz CT molecular complexity index is 389. The summed E-state index contributed by atoms with van der Waals surface area (Å²) in [5.74, 6) is 0.195. The third kappa shape index (κ3) is 3.36. The van der Waals surface area contributed by atoms with Gasteiger partial charge in [0.15, 0.2) is 0 Å². The second kappa shape index (κ2) is 6.21. The van der Waals surface area contributed by atoms with E-state index in [0.29, 0.717) is 6.54 Å². The molecule has 1 aromatic rings. The number of carbonyl (C=O) groups excluding carboxylic acids is 1. The molecule has 0 atom stereocenters. The third-order valence-electron chi connectivity index (χ3n) is 4.26. The van der Waals surface area contributed by atoms with E-state index in [1.54, 1.807) is 0 Å². The fourth-order valence-electron chi connectivity index (χ4n) is 2.72. The van der Waals surface area contributed by atoms with Crippen molar-refractivity contribution in [1.82, 2.24) is 15.6 Å². The third-order valence-corrected chi connectivity index (χ3v) is 4.26. The molecule has 5 nitrogen and oxygen atoms in total. The molecule has 0 radical (unpaired) electrons. The number of aromatic nitrogens is 1. The first-order valence-electron chi connectivity index (χ1n) is 6.89. The van der Waals surface area contributed by atoms with Gasteiger partial charge in [0.25, 0.3) is 0 Å². The van der Waals surface area contributed by atoms with Gasteiger partial charge in [-0.3, -0.25) is 4.79 Å². The van der Waals surface area contributed by atoms with Crippen LogP contribution in [0.15, 0.2) is 18.3 Å². The molecule has 1 aliphatic rings. The average molecular weight is 265 g/mol. The molecule has 1 amide bonds. The highest BCUT2D eigenvalue weighted by Gasteiger charge is 2.35. The second-order valence-electron chi connectivity index (χ2n) is 5.38. The maximum Gasteiger partial charge on any atom is 0.223 e. The Morgan fingerprint density at radius 2 is 2.26 bits per heavy atom. The molecule has 0 aromatic carbocycles. The average Bonchev–Trinajstić information content (AvgIpc) is 2.98. The topological polar surface area (TPSA) is 77.2 Å². The fraction of sp³-hybridized carbons (Fsp3) is 0.643. The molecule has 0 spiro atoms. The molecule has 0 unspecified atom stereocenters. The molecule has 5 heteroatoms. The molecule has 1 heterocycles. The number of aliphatic hydroxyl groups is 1. The molecule has 0 aliphatic heterocycles. The zero-order chi connectivity index (χ0) is 13.7. The van der Waals surface area contributed by atoms with Gasteiger partial charge in [-0.05, 0) is 44.9 Å². The van der Waals surface area contributed by atoms with Crippen molar-refractivity contribution in [2.45, 2.75) is 37.8 Å². The number of likely N-dealkylation sites (N-methyl/N-ethyl adjacent to an activating group) is 1. The summed E-state index contributed by atoms with van der Waals surface area (Å²) in [6.07, 6.45) is 5.21. The highest BCUT2D eigenvalue weighted by atomic mass is 16.3. The lowest BCUT2D eigenvalue weighted by Crippen LogP contribution is -2.50. The zero-order valence-electron chi connectivity index (χ0n) is 11.4. The van der Waals surface area contributed by atoms with E-state index in [1.807, 2.05) is 25.4 Å². The summed E-state index contributed by atoms with van der Waals surface area (Å²) in [5.41, 5.74) is 0.833. The molecule has 19 heavy (non-hydrogen) atoms. The van der Waals surface area contributed by atoms with Crippen LogP contribution in [0.1, 0.15) is 31.4 Å². The largest absolute Gasteiger partial charge is 0.394 e. The summed E-state index contributed by atoms with van der Waals surface area (Å²) in [6, 6.07) is 3.88. The van der Waals surface area contributed by atoms with Crippen LogP contribution in [0.25, 0.3) is 0 Å². The number of rotatable bonds is 5. The van der Waals surface area contributed by atoms with Crippen LogP contribution in [-0.2, 0) is 11.3 Å². The highest BCUT2D eigenvalue weighted by Crippen LogP contribution is 2.31. The molecule has 0 saturated heterocycles. The molecular weight excluding hydrogens is 242 g/mol. The van der Waals surface area contributed by atoms with Crippen molar-refractivity contribution in [2.75, 3.05) is 13.7 Å². The first kappa shape index (κ1) is 14.1. The molecule has 1 saturated carbocycles. The normalized spacial score (nSPS) is 27.2. The molecule has 1 fully saturated rings. The fourth-order valence-corrected chi connectivity index (χ4v) is 2.72. The van der Waals surface area contributed by atoms with Gasteiger partial charge in [0, 0.05) is 23.3 Å². The summed E-state index contributed by atoms with van der Waals surface area (Å²) in [7, 11) is 1.88. The van der Waals surface area contributed by atoms with E-state index in [-0.39, 0.29) is 24.0 Å². The number of nitrogens with one attached hydrogen (secondary N) is 3. The number of amides is 1. The Labute approximate surface area is 113 Å². The predicted molar refractivity (Wildman–Crippen MR) is 73.5 cm³/mol. The first-order valence-corrected chi connectivity index (χ1v) is 6.89. The monoisotopic (exact) mass is 265 g/mol. The Morgan fingerprint density at radius 3 is 2.79 bits per heavy atom. The van der Waals surface area contributed by atoms with Crippen molar-refractivity contribution in [1.29, 1.82) is 0 Å². The molecule has 2 rings (SSSR count). The number of H-pyrrole nitrogens is 1. The SMILES string of the molecule is CNC1(CO)CCC(C(=O)NCc2ccc[nH]2)CC1. The lowest BCUT2D eigenvalue weighted by molar-refractivity contribution is -0.126. The van der Waals surface area contributed by atoms with Gasteiger partial charge in [-0.1, -0.05) is 0 Å². The Kier molecular flexibility index (Phi) is 4.61. The van der Waals surface area contributed by atoms with Crippen molar-refractivity contribution >= 4 is 5.91 Å². The predicted octanol–water partition coefficient (Wildman–Crippen LogP) is 0.772. The molecule has 0 bridgehead atoms. The minimum absolute atomic E-state index is 0.0722. The van der Waals surface area contributed by atoms with Crippen LogP contribution in [0.4, 0.5) is 0 Å². The first-order chi connectivity index (χ1) is 9.19. The van der Waals surface area contributed by atoms with Crippen molar-refractivity contribution < 1.29 is 9.90 Å². The molecule has 1 aliphatic carbocycles. The second-order valence-corrected chi connectivity index (χ2v) is 5.38. The van der Waals surface area contributed by atoms with E-state index >= 15 is 0 Å². The summed E-state index contributed by atoms with van der Waals surface area (Å²) < 4.78 is 0. The Balaban J connectivity index is 1.79. The number of aliphatic hydroxyl groups excluding tert-OH is 1. The maximum absolute atomic E-state index is 12.1. The minimum atomic E-state index is -0.184. The molecule has 4 N–H and O–H groups in total. The molecular formula is C14H23N3O2. The highest BCUT2D eigenvalue weighted by molar-refractivity contribution is 5.78. The van der Waals surface area contributed by atoms with E-state index in [4.69, 9.17) is 0 Å². The van der Waals surface area contributed by atoms with E-state index < -0.39 is 0 Å². The van der Waals surface area contributed by atoms with Gasteiger partial charge in [-0.25, -0.2) is 0 Å². The van der Waals surface area contributed by atoms with E-state index in [9.17, 15) is 9.90 Å². The van der Waals surface area contributed by atoms with E-state index in [1.165, 1.54) is 0 Å². The van der Waals surface area contributed by atoms with Crippen LogP contribution in [0.3, 0.4) is 0 Å². The van der Waals surface area contributed by atoms with Gasteiger partial charge in [0.2, 0.25) is 5.91 Å². The van der Waals surface area contributed by atoms with Crippen molar-refractivity contribution in [3.8, 4) is 0 Å². The number of hydrogen-bond donors (Lipinski definition) is 4. The van der Waals surface area contributed by atoms with Crippen LogP contribution < -0.4 is 10.6 Å². The summed E-state index contributed by atoms with van der Waals surface area (Å²) >= 11 is 0. The van der Waals surface area contributed by atoms with E-state index in [0.717, 1.165) is 31.4 Å². The Hall–Kier alpha value is -1.33. The van der Waals surface area contributed by atoms with Gasteiger partial charge in [-0.2, -0.15) is 0 Å². The van der Waals surface area contributed by atoms with Crippen molar-refractivity contribution in [2.24, 2.45) is 5.92 Å². The summed E-state index contributed by atoms with van der Waals surface area (Å²) in [4.78, 5) is 15.1. The number of carbonyl (C=O) groups is 1. The minimum Gasteiger partial charge on any atom is -0.394 e. The number of aromatic amines is 1. The van der Waals surface area contributed by atoms with Crippen LogP contribution in [0.2, 0.25) is 0 Å². The zero-order valence-corrected chi connectivity index (χ0v) is 11.4. The quantitative estimate of drug-likeness (QED) is 0.635. The standard InChI is InChI=1S/C14H23N3O2/c1-15-14(10-18)6-4-11(5-7-14)13(19)17-9-12-3-2-8-16-12/h2-3,8,11,15-16,18H,4-7,9-10H2,1H3,(H,17,19). The number of hydrogen-bond acceptors (Lipinski definition) is 3. The molecule has 1 aromatic heterocycles. The van der Waals surface area contributed by atoms with Crippen molar-refractivity contribution in [3.05, 3.63) is 24.0 Å². The van der Waals surface area contributed by atoms with Gasteiger partial charge >= 0.3 is 0 Å². The van der Waals surface area contributed by atoms with Crippen molar-refractivity contribution in [3.63, 3.8) is 0 Å². The lowest BCUT2D eigenvalue weighted by Gasteiger charge is -2.38. The Morgan fingerprint density at radius 1 is 1.53 bits per heavy atom. The smallest absolute Gasteiger partial charge is 0.223 e. The van der Waals surface area contributed by atoms with Crippen LogP contribution in [0.5, 0.6) is 0 Å². The summed E-state index contributed by atoms with van der Waals surface area (Å²) in [5, 5.41) is 15.6. The van der Waals surface area contributed by atoms with Gasteiger partial charge in [-0.15, -0.1) is 0 Å².